The van der Waals surface area contributed by atoms with E-state index >= 15 is 0 Å². The van der Waals surface area contributed by atoms with Crippen LogP contribution in [0.1, 0.15) is 18.9 Å². The molecule has 0 aliphatic rings. The molecular formula is C9H11NO3. The smallest absolute Gasteiger partial charge is 0.306 e. The van der Waals surface area contributed by atoms with Crippen molar-refractivity contribution in [2.75, 3.05) is 0 Å². The predicted molar refractivity (Wildman–Crippen MR) is 46.1 cm³/mol. The summed E-state index contributed by atoms with van der Waals surface area (Å²) in [7, 11) is 0. The van der Waals surface area contributed by atoms with Crippen molar-refractivity contribution >= 4 is 5.97 Å². The Morgan fingerprint density at radius 1 is 1.54 bits per heavy atom. The normalized spacial score (nSPS) is 14.9. The van der Waals surface area contributed by atoms with E-state index in [4.69, 9.17) is 5.11 Å². The molecule has 0 aromatic carbocycles. The van der Waals surface area contributed by atoms with Crippen LogP contribution in [0.2, 0.25) is 0 Å². The Hall–Kier alpha value is -1.42. The van der Waals surface area contributed by atoms with Crippen LogP contribution in [0.3, 0.4) is 0 Å². The second-order valence-corrected chi connectivity index (χ2v) is 3.08. The number of pyridine rings is 1. The van der Waals surface area contributed by atoms with E-state index in [0.717, 1.165) is 0 Å². The highest BCUT2D eigenvalue weighted by molar-refractivity contribution is 5.68. The number of aromatic nitrogens is 1. The van der Waals surface area contributed by atoms with Crippen LogP contribution in [0.25, 0.3) is 0 Å². The molecule has 1 unspecified atom stereocenters. The van der Waals surface area contributed by atoms with Gasteiger partial charge in [0, 0.05) is 12.4 Å². The first-order valence-corrected chi connectivity index (χ1v) is 3.87. The molecule has 0 saturated heterocycles. The summed E-state index contributed by atoms with van der Waals surface area (Å²) in [5.74, 6) is -1.03. The van der Waals surface area contributed by atoms with Crippen LogP contribution < -0.4 is 0 Å². The highest BCUT2D eigenvalue weighted by atomic mass is 16.4. The Bertz CT molecular complexity index is 295. The van der Waals surface area contributed by atoms with Gasteiger partial charge in [-0.15, -0.1) is 0 Å². The summed E-state index contributed by atoms with van der Waals surface area (Å²) in [6, 6.07) is 3.20. The molecule has 1 rings (SSSR count). The summed E-state index contributed by atoms with van der Waals surface area (Å²) in [6.07, 6.45) is 2.73. The first kappa shape index (κ1) is 9.67. The zero-order chi connectivity index (χ0) is 9.90. The van der Waals surface area contributed by atoms with Gasteiger partial charge in [0.2, 0.25) is 0 Å². The molecule has 13 heavy (non-hydrogen) atoms. The largest absolute Gasteiger partial charge is 0.481 e. The number of rotatable bonds is 3. The van der Waals surface area contributed by atoms with Crippen molar-refractivity contribution in [2.45, 2.75) is 18.9 Å². The topological polar surface area (TPSA) is 70.4 Å². The number of hydrogen-bond donors (Lipinski definition) is 2. The molecule has 4 nitrogen and oxygen atoms in total. The fourth-order valence-electron chi connectivity index (χ4n) is 1.11. The number of carboxylic acids is 1. The van der Waals surface area contributed by atoms with E-state index in [-0.39, 0.29) is 6.42 Å². The van der Waals surface area contributed by atoms with Gasteiger partial charge in [-0.1, -0.05) is 0 Å². The summed E-state index contributed by atoms with van der Waals surface area (Å²) in [5.41, 5.74) is -0.765. The van der Waals surface area contributed by atoms with Gasteiger partial charge < -0.3 is 10.2 Å². The number of hydrogen-bond acceptors (Lipinski definition) is 3. The van der Waals surface area contributed by atoms with Crippen LogP contribution >= 0.6 is 0 Å². The van der Waals surface area contributed by atoms with E-state index in [1.54, 1.807) is 12.1 Å². The van der Waals surface area contributed by atoms with Crippen LogP contribution in [-0.2, 0) is 10.4 Å². The fourth-order valence-corrected chi connectivity index (χ4v) is 1.11. The van der Waals surface area contributed by atoms with E-state index in [1.807, 2.05) is 0 Å². The highest BCUT2D eigenvalue weighted by Crippen LogP contribution is 2.23. The Morgan fingerprint density at radius 3 is 2.54 bits per heavy atom. The lowest BCUT2D eigenvalue weighted by atomic mass is 9.94. The maximum absolute atomic E-state index is 10.4. The lowest BCUT2D eigenvalue weighted by Crippen LogP contribution is -2.24. The van der Waals surface area contributed by atoms with E-state index in [0.29, 0.717) is 5.56 Å². The van der Waals surface area contributed by atoms with Gasteiger partial charge in [0.05, 0.1) is 12.0 Å². The van der Waals surface area contributed by atoms with E-state index < -0.39 is 11.6 Å². The van der Waals surface area contributed by atoms with E-state index in [9.17, 15) is 9.90 Å². The summed E-state index contributed by atoms with van der Waals surface area (Å²) in [6.45, 7) is 1.47. The van der Waals surface area contributed by atoms with Crippen molar-refractivity contribution in [2.24, 2.45) is 0 Å². The standard InChI is InChI=1S/C9H11NO3/c1-9(13,6-8(11)12)7-2-4-10-5-3-7/h2-5,13H,6H2,1H3,(H,11,12). The van der Waals surface area contributed by atoms with Gasteiger partial charge in [-0.3, -0.25) is 9.78 Å². The molecule has 0 amide bonds. The molecule has 4 heteroatoms. The Morgan fingerprint density at radius 2 is 2.08 bits per heavy atom. The molecule has 0 radical (unpaired) electrons. The van der Waals surface area contributed by atoms with Gasteiger partial charge in [-0.25, -0.2) is 0 Å². The number of nitrogens with zero attached hydrogens (tertiary/aromatic N) is 1. The molecule has 0 aliphatic heterocycles. The van der Waals surface area contributed by atoms with Crippen molar-refractivity contribution in [3.8, 4) is 0 Å². The van der Waals surface area contributed by atoms with Gasteiger partial charge in [0.1, 0.15) is 0 Å². The van der Waals surface area contributed by atoms with Crippen molar-refractivity contribution in [1.82, 2.24) is 4.98 Å². The SMILES string of the molecule is CC(O)(CC(=O)O)c1ccncc1. The van der Waals surface area contributed by atoms with Crippen molar-refractivity contribution in [3.05, 3.63) is 30.1 Å². The third-order valence-electron chi connectivity index (χ3n) is 1.80. The first-order valence-electron chi connectivity index (χ1n) is 3.87. The van der Waals surface area contributed by atoms with Gasteiger partial charge in [0.15, 0.2) is 0 Å². The molecule has 1 heterocycles. The quantitative estimate of drug-likeness (QED) is 0.722. The Labute approximate surface area is 75.9 Å². The number of carbonyl (C=O) groups is 1. The number of carboxylic acid groups (broad SMARTS) is 1. The number of aliphatic hydroxyl groups is 1. The molecule has 0 bridgehead atoms. The van der Waals surface area contributed by atoms with Crippen LogP contribution in [0.15, 0.2) is 24.5 Å². The second-order valence-electron chi connectivity index (χ2n) is 3.08. The lowest BCUT2D eigenvalue weighted by molar-refractivity contribution is -0.142. The predicted octanol–water partition coefficient (Wildman–Crippen LogP) is 0.764. The monoisotopic (exact) mass is 181 g/mol. The first-order chi connectivity index (χ1) is 6.02. The van der Waals surface area contributed by atoms with Crippen molar-refractivity contribution in [1.29, 1.82) is 0 Å². The maximum Gasteiger partial charge on any atom is 0.306 e. The van der Waals surface area contributed by atoms with E-state index in [2.05, 4.69) is 4.98 Å². The third kappa shape index (κ3) is 2.52. The highest BCUT2D eigenvalue weighted by Gasteiger charge is 2.25. The Balaban J connectivity index is 2.87. The van der Waals surface area contributed by atoms with Crippen LogP contribution in [-0.4, -0.2) is 21.2 Å². The molecule has 1 aromatic heterocycles. The molecule has 0 fully saturated rings. The molecule has 0 spiro atoms. The minimum Gasteiger partial charge on any atom is -0.481 e. The summed E-state index contributed by atoms with van der Waals surface area (Å²) in [4.78, 5) is 14.2. The van der Waals surface area contributed by atoms with Crippen LogP contribution in [0.4, 0.5) is 0 Å². The van der Waals surface area contributed by atoms with Gasteiger partial charge in [0.25, 0.3) is 0 Å². The van der Waals surface area contributed by atoms with Gasteiger partial charge in [-0.2, -0.15) is 0 Å². The zero-order valence-corrected chi connectivity index (χ0v) is 7.27. The molecule has 0 saturated carbocycles. The molecule has 1 atom stereocenters. The van der Waals surface area contributed by atoms with E-state index in [1.165, 1.54) is 19.3 Å². The maximum atomic E-state index is 10.4. The van der Waals surface area contributed by atoms with Crippen molar-refractivity contribution in [3.63, 3.8) is 0 Å². The minimum atomic E-state index is -1.32. The molecule has 2 N–H and O–H groups in total. The van der Waals surface area contributed by atoms with Crippen LogP contribution in [0, 0.1) is 0 Å². The minimum absolute atomic E-state index is 0.309. The molecule has 0 aliphatic carbocycles. The fraction of sp³-hybridized carbons (Fsp3) is 0.333. The van der Waals surface area contributed by atoms with Gasteiger partial charge >= 0.3 is 5.97 Å². The molecule has 1 aromatic rings. The average Bonchev–Trinajstić information content (AvgIpc) is 2.04. The second kappa shape index (κ2) is 3.53. The summed E-state index contributed by atoms with van der Waals surface area (Å²) < 4.78 is 0. The van der Waals surface area contributed by atoms with Crippen molar-refractivity contribution < 1.29 is 15.0 Å². The molecule has 70 valence electrons. The average molecular weight is 181 g/mol. The zero-order valence-electron chi connectivity index (χ0n) is 7.27. The van der Waals surface area contributed by atoms with Crippen LogP contribution in [0.5, 0.6) is 0 Å². The summed E-state index contributed by atoms with van der Waals surface area (Å²) in [5, 5.41) is 18.3. The summed E-state index contributed by atoms with van der Waals surface area (Å²) >= 11 is 0. The number of aliphatic carboxylic acids is 1. The Kier molecular flexibility index (Phi) is 2.63. The molecular weight excluding hydrogens is 170 g/mol. The lowest BCUT2D eigenvalue weighted by Gasteiger charge is -2.20. The van der Waals surface area contributed by atoms with Gasteiger partial charge in [-0.05, 0) is 24.6 Å². The third-order valence-corrected chi connectivity index (χ3v) is 1.80.